The van der Waals surface area contributed by atoms with Gasteiger partial charge in [-0.3, -0.25) is 9.59 Å². The summed E-state index contributed by atoms with van der Waals surface area (Å²) in [5, 5.41) is 9.29. The molecule has 5 atom stereocenters. The summed E-state index contributed by atoms with van der Waals surface area (Å²) in [6.07, 6.45) is 4.32. The van der Waals surface area contributed by atoms with Crippen LogP contribution in [0.2, 0.25) is 0 Å². The molecule has 1 N–H and O–H groups in total. The molecule has 1 amide bonds. The fourth-order valence-electron chi connectivity index (χ4n) is 4.91. The van der Waals surface area contributed by atoms with Gasteiger partial charge in [-0.1, -0.05) is 18.2 Å². The molecule has 25 heavy (non-hydrogen) atoms. The van der Waals surface area contributed by atoms with E-state index in [1.54, 1.807) is 0 Å². The molecule has 2 heterocycles. The van der Waals surface area contributed by atoms with Gasteiger partial charge in [-0.05, 0) is 31.1 Å². The molecule has 2 aliphatic heterocycles. The van der Waals surface area contributed by atoms with Crippen LogP contribution in [0.1, 0.15) is 38.5 Å². The highest BCUT2D eigenvalue weighted by Crippen LogP contribution is 2.51. The molecule has 2 saturated carbocycles. The number of carboxylic acid groups (broad SMARTS) is 1. The van der Waals surface area contributed by atoms with Crippen molar-refractivity contribution in [3.63, 3.8) is 0 Å². The Morgan fingerprint density at radius 2 is 1.96 bits per heavy atom. The molecule has 4 aliphatic rings. The van der Waals surface area contributed by atoms with E-state index in [9.17, 15) is 18.0 Å². The lowest BCUT2D eigenvalue weighted by atomic mass is 9.93. The Balaban J connectivity index is 1.57. The molecule has 138 valence electrons. The summed E-state index contributed by atoms with van der Waals surface area (Å²) in [6, 6.07) is 0.186. The zero-order valence-corrected chi connectivity index (χ0v) is 15.5. The van der Waals surface area contributed by atoms with Gasteiger partial charge in [0.2, 0.25) is 5.91 Å². The maximum Gasteiger partial charge on any atom is 0.303 e. The van der Waals surface area contributed by atoms with E-state index in [-0.39, 0.29) is 41.7 Å². The number of hydrogen-bond donors (Lipinski definition) is 1. The number of amides is 1. The minimum Gasteiger partial charge on any atom is -0.481 e. The molecule has 2 bridgehead atoms. The Morgan fingerprint density at radius 1 is 1.16 bits per heavy atom. The number of aliphatic carboxylic acids is 1. The molecular formula is C16H22N2O5S2. The highest BCUT2D eigenvalue weighted by atomic mass is 32.2. The minimum atomic E-state index is -3.03. The molecule has 5 unspecified atom stereocenters. The second-order valence-electron chi connectivity index (χ2n) is 7.63. The van der Waals surface area contributed by atoms with E-state index in [4.69, 9.17) is 5.11 Å². The number of carboxylic acids is 1. The largest absolute Gasteiger partial charge is 0.481 e. The Bertz CT molecular complexity index is 735. The van der Waals surface area contributed by atoms with E-state index in [0.717, 1.165) is 6.42 Å². The standard InChI is InChI=1S/C16H22N2O5S2/c19-14(3-4-15(20)21)17-16-18(11-6-9-1-2-10(11)5-9)12-7-25(22,23)8-13(12)24-16/h9-13H,1-8H2,(H,20,21). The van der Waals surface area contributed by atoms with Crippen LogP contribution in [-0.4, -0.2) is 64.3 Å². The summed E-state index contributed by atoms with van der Waals surface area (Å²) >= 11 is 1.40. The van der Waals surface area contributed by atoms with Gasteiger partial charge in [0.15, 0.2) is 15.0 Å². The number of carbonyl (C=O) groups excluding carboxylic acids is 1. The van der Waals surface area contributed by atoms with Crippen LogP contribution in [0.15, 0.2) is 4.99 Å². The highest BCUT2D eigenvalue weighted by molar-refractivity contribution is 8.15. The van der Waals surface area contributed by atoms with Crippen molar-refractivity contribution in [2.24, 2.45) is 16.8 Å². The predicted molar refractivity (Wildman–Crippen MR) is 94.2 cm³/mol. The Kier molecular flexibility index (Phi) is 4.34. The second-order valence-corrected chi connectivity index (χ2v) is 11.0. The van der Waals surface area contributed by atoms with Crippen molar-refractivity contribution in [3.05, 3.63) is 0 Å². The normalized spacial score (nSPS) is 39.9. The van der Waals surface area contributed by atoms with Gasteiger partial charge in [-0.15, -0.1) is 0 Å². The number of rotatable bonds is 4. The van der Waals surface area contributed by atoms with E-state index < -0.39 is 21.7 Å². The van der Waals surface area contributed by atoms with Crippen molar-refractivity contribution in [1.82, 2.24) is 4.90 Å². The molecule has 2 aliphatic carbocycles. The maximum absolute atomic E-state index is 12.1. The number of aliphatic imine (C=N–C) groups is 1. The average molecular weight is 386 g/mol. The van der Waals surface area contributed by atoms with Gasteiger partial charge in [-0.25, -0.2) is 8.42 Å². The highest BCUT2D eigenvalue weighted by Gasteiger charge is 2.54. The summed E-state index contributed by atoms with van der Waals surface area (Å²) in [5.74, 6) is 0.109. The summed E-state index contributed by atoms with van der Waals surface area (Å²) in [7, 11) is -3.03. The average Bonchev–Trinajstić information content (AvgIpc) is 3.24. The van der Waals surface area contributed by atoms with Crippen molar-refractivity contribution in [2.45, 2.75) is 55.9 Å². The SMILES string of the molecule is O=C(O)CCC(=O)N=C1SC2CS(=O)(=O)CC2N1C1CC2CCC1C2. The third-order valence-corrected chi connectivity index (χ3v) is 9.16. The Labute approximate surface area is 151 Å². The van der Waals surface area contributed by atoms with Crippen molar-refractivity contribution < 1.29 is 23.1 Å². The quantitative estimate of drug-likeness (QED) is 0.772. The van der Waals surface area contributed by atoms with Crippen LogP contribution in [0.5, 0.6) is 0 Å². The molecule has 0 spiro atoms. The zero-order valence-electron chi connectivity index (χ0n) is 13.8. The minimum absolute atomic E-state index is 0.0600. The Hall–Kier alpha value is -1.09. The van der Waals surface area contributed by atoms with Crippen molar-refractivity contribution in [1.29, 1.82) is 0 Å². The van der Waals surface area contributed by atoms with E-state index in [1.165, 1.54) is 31.0 Å². The number of hydrogen-bond acceptors (Lipinski definition) is 5. The number of nitrogens with zero attached hydrogens (tertiary/aromatic N) is 2. The van der Waals surface area contributed by atoms with Crippen LogP contribution in [-0.2, 0) is 19.4 Å². The fourth-order valence-corrected chi connectivity index (χ4v) is 8.90. The molecule has 0 aromatic rings. The molecule has 0 aromatic carbocycles. The predicted octanol–water partition coefficient (Wildman–Crippen LogP) is 1.14. The molecule has 0 aromatic heterocycles. The van der Waals surface area contributed by atoms with Crippen LogP contribution >= 0.6 is 11.8 Å². The van der Waals surface area contributed by atoms with Crippen molar-refractivity contribution in [2.75, 3.05) is 11.5 Å². The van der Waals surface area contributed by atoms with E-state index in [2.05, 4.69) is 9.89 Å². The van der Waals surface area contributed by atoms with E-state index in [1.807, 2.05) is 0 Å². The Morgan fingerprint density at radius 3 is 2.60 bits per heavy atom. The zero-order chi connectivity index (χ0) is 17.8. The number of sulfone groups is 1. The maximum atomic E-state index is 12.1. The van der Waals surface area contributed by atoms with Crippen LogP contribution < -0.4 is 0 Å². The smallest absolute Gasteiger partial charge is 0.303 e. The second kappa shape index (κ2) is 6.26. The first kappa shape index (κ1) is 17.3. The molecular weight excluding hydrogens is 364 g/mol. The van der Waals surface area contributed by atoms with Gasteiger partial charge >= 0.3 is 5.97 Å². The molecule has 7 nitrogen and oxygen atoms in total. The van der Waals surface area contributed by atoms with Gasteiger partial charge in [0.25, 0.3) is 0 Å². The first-order chi connectivity index (χ1) is 11.8. The number of thioether (sulfide) groups is 1. The van der Waals surface area contributed by atoms with Crippen LogP contribution in [0.4, 0.5) is 0 Å². The lowest BCUT2D eigenvalue weighted by molar-refractivity contribution is -0.138. The summed E-state index contributed by atoms with van der Waals surface area (Å²) in [5.41, 5.74) is 0. The van der Waals surface area contributed by atoms with Crippen molar-refractivity contribution >= 4 is 38.6 Å². The van der Waals surface area contributed by atoms with Crippen molar-refractivity contribution in [3.8, 4) is 0 Å². The van der Waals surface area contributed by atoms with Crippen LogP contribution in [0.3, 0.4) is 0 Å². The number of fused-ring (bicyclic) bond motifs is 3. The first-order valence-electron chi connectivity index (χ1n) is 8.81. The number of carbonyl (C=O) groups is 2. The van der Waals surface area contributed by atoms with Gasteiger partial charge in [0, 0.05) is 17.7 Å². The van der Waals surface area contributed by atoms with Gasteiger partial charge < -0.3 is 10.0 Å². The molecule has 4 rings (SSSR count). The van der Waals surface area contributed by atoms with E-state index in [0.29, 0.717) is 17.0 Å². The van der Waals surface area contributed by atoms with Gasteiger partial charge in [0.05, 0.1) is 24.0 Å². The summed E-state index contributed by atoms with van der Waals surface area (Å²) in [6.45, 7) is 0. The van der Waals surface area contributed by atoms with Crippen LogP contribution in [0, 0.1) is 11.8 Å². The lowest BCUT2D eigenvalue weighted by Gasteiger charge is -2.36. The van der Waals surface area contributed by atoms with E-state index >= 15 is 0 Å². The lowest BCUT2D eigenvalue weighted by Crippen LogP contribution is -2.47. The monoisotopic (exact) mass is 386 g/mol. The first-order valence-corrected chi connectivity index (χ1v) is 11.5. The van der Waals surface area contributed by atoms with Crippen LogP contribution in [0.25, 0.3) is 0 Å². The summed E-state index contributed by atoms with van der Waals surface area (Å²) < 4.78 is 24.1. The molecule has 4 fully saturated rings. The van der Waals surface area contributed by atoms with Gasteiger partial charge in [-0.2, -0.15) is 4.99 Å². The fraction of sp³-hybridized carbons (Fsp3) is 0.812. The summed E-state index contributed by atoms with van der Waals surface area (Å²) in [4.78, 5) is 29.0. The third-order valence-electron chi connectivity index (χ3n) is 5.94. The topological polar surface area (TPSA) is 104 Å². The third kappa shape index (κ3) is 3.32. The molecule has 0 radical (unpaired) electrons. The molecule has 2 saturated heterocycles. The van der Waals surface area contributed by atoms with Gasteiger partial charge in [0.1, 0.15) is 0 Å². The molecule has 9 heteroatoms. The number of amidine groups is 1.